The largest absolute Gasteiger partial charge is 0.491 e. The van der Waals surface area contributed by atoms with Gasteiger partial charge in [0.15, 0.2) is 17.4 Å². The fourth-order valence-corrected chi connectivity index (χ4v) is 3.57. The number of hydrogen-bond acceptors (Lipinski definition) is 7. The van der Waals surface area contributed by atoms with E-state index in [1.807, 2.05) is 52.9 Å². The molecule has 0 aliphatic heterocycles. The summed E-state index contributed by atoms with van der Waals surface area (Å²) in [6, 6.07) is 11.8. The monoisotopic (exact) mass is 426 g/mol. The molecule has 4 aromatic heterocycles. The van der Waals surface area contributed by atoms with Crippen LogP contribution in [0.5, 0.6) is 5.75 Å². The van der Waals surface area contributed by atoms with Crippen LogP contribution in [-0.4, -0.2) is 41.6 Å². The first-order chi connectivity index (χ1) is 15.6. The first-order valence-electron chi connectivity index (χ1n) is 10.2. The summed E-state index contributed by atoms with van der Waals surface area (Å²) in [5.74, 6) is 1.62. The molecule has 32 heavy (non-hydrogen) atoms. The van der Waals surface area contributed by atoms with E-state index in [-0.39, 0.29) is 0 Å². The van der Waals surface area contributed by atoms with Crippen LogP contribution in [0.4, 0.5) is 11.5 Å². The second-order valence-electron chi connectivity index (χ2n) is 7.37. The first kappa shape index (κ1) is 19.7. The van der Waals surface area contributed by atoms with E-state index < -0.39 is 0 Å². The van der Waals surface area contributed by atoms with Gasteiger partial charge in [0.2, 0.25) is 0 Å². The lowest BCUT2D eigenvalue weighted by molar-refractivity contribution is 0.413. The Hall–Kier alpha value is -4.27. The van der Waals surface area contributed by atoms with Crippen LogP contribution in [0.3, 0.4) is 0 Å². The van der Waals surface area contributed by atoms with Crippen molar-refractivity contribution in [1.82, 2.24) is 34.5 Å². The summed E-state index contributed by atoms with van der Waals surface area (Å²) in [4.78, 5) is 13.3. The average molecular weight is 426 g/mol. The number of nitrogens with zero attached hydrogens (tertiary/aromatic N) is 7. The Bertz CT molecular complexity index is 1390. The van der Waals surface area contributed by atoms with E-state index >= 15 is 0 Å². The predicted molar refractivity (Wildman–Crippen MR) is 122 cm³/mol. The van der Waals surface area contributed by atoms with Crippen LogP contribution < -0.4 is 10.1 Å². The second-order valence-corrected chi connectivity index (χ2v) is 7.37. The van der Waals surface area contributed by atoms with E-state index in [4.69, 9.17) is 14.8 Å². The molecule has 0 aliphatic rings. The highest BCUT2D eigenvalue weighted by atomic mass is 16.5. The molecule has 5 aromatic rings. The summed E-state index contributed by atoms with van der Waals surface area (Å²) in [7, 11) is 3.53. The van der Waals surface area contributed by atoms with Crippen molar-refractivity contribution in [2.24, 2.45) is 7.05 Å². The molecule has 0 amide bonds. The minimum absolute atomic E-state index is 0.514. The fraction of sp³-hybridized carbons (Fsp3) is 0.174. The number of rotatable bonds is 6. The lowest BCUT2D eigenvalue weighted by Crippen LogP contribution is -2.04. The summed E-state index contributed by atoms with van der Waals surface area (Å²) in [5, 5.41) is 13.5. The molecule has 9 heteroatoms. The summed E-state index contributed by atoms with van der Waals surface area (Å²) in [6.45, 7) is 2.66. The molecule has 9 nitrogen and oxygen atoms in total. The molecule has 0 saturated heterocycles. The molecule has 0 atom stereocenters. The highest BCUT2D eigenvalue weighted by molar-refractivity contribution is 5.92. The van der Waals surface area contributed by atoms with Crippen molar-refractivity contribution in [3.8, 4) is 17.3 Å². The van der Waals surface area contributed by atoms with E-state index in [1.165, 1.54) is 0 Å². The summed E-state index contributed by atoms with van der Waals surface area (Å²) >= 11 is 0. The summed E-state index contributed by atoms with van der Waals surface area (Å²) in [5.41, 5.74) is 4.79. The van der Waals surface area contributed by atoms with E-state index in [1.54, 1.807) is 25.7 Å². The zero-order chi connectivity index (χ0) is 22.1. The van der Waals surface area contributed by atoms with Crippen molar-refractivity contribution in [3.63, 3.8) is 0 Å². The van der Waals surface area contributed by atoms with Crippen LogP contribution >= 0.6 is 0 Å². The van der Waals surface area contributed by atoms with Gasteiger partial charge in [-0.3, -0.25) is 14.3 Å². The number of methoxy groups -OCH3 is 1. The van der Waals surface area contributed by atoms with Crippen LogP contribution in [0, 0.1) is 6.92 Å². The Morgan fingerprint density at radius 1 is 1.06 bits per heavy atom. The number of benzene rings is 1. The Morgan fingerprint density at radius 3 is 2.62 bits per heavy atom. The maximum Gasteiger partial charge on any atom is 0.183 e. The van der Waals surface area contributed by atoms with Gasteiger partial charge < -0.3 is 10.1 Å². The number of para-hydroxylation sites is 1. The maximum atomic E-state index is 5.46. The van der Waals surface area contributed by atoms with E-state index in [0.29, 0.717) is 29.6 Å². The zero-order valence-corrected chi connectivity index (χ0v) is 18.0. The number of ether oxygens (including phenoxy) is 1. The van der Waals surface area contributed by atoms with Gasteiger partial charge in [-0.2, -0.15) is 10.2 Å². The maximum absolute atomic E-state index is 5.46. The van der Waals surface area contributed by atoms with Crippen LogP contribution in [0.15, 0.2) is 61.2 Å². The molecule has 0 bridgehead atoms. The normalized spacial score (nSPS) is 11.1. The second kappa shape index (κ2) is 8.10. The number of nitrogens with one attached hydrogen (secondary N) is 1. The van der Waals surface area contributed by atoms with Crippen molar-refractivity contribution in [2.45, 2.75) is 13.5 Å². The Morgan fingerprint density at radius 2 is 1.88 bits per heavy atom. The molecule has 0 unspecified atom stereocenters. The number of anilines is 2. The molecule has 160 valence electrons. The molecule has 0 spiro atoms. The number of fused-ring (bicyclic) bond motifs is 1. The van der Waals surface area contributed by atoms with Gasteiger partial charge in [0.25, 0.3) is 0 Å². The van der Waals surface area contributed by atoms with Gasteiger partial charge in [0.05, 0.1) is 31.6 Å². The number of aryl methyl sites for hydroxylation is 1. The third-order valence-electron chi connectivity index (χ3n) is 5.44. The van der Waals surface area contributed by atoms with Crippen LogP contribution in [-0.2, 0) is 13.6 Å². The number of aromatic nitrogens is 7. The van der Waals surface area contributed by atoms with Crippen LogP contribution in [0.2, 0.25) is 0 Å². The SMILES string of the molecule is COc1cnc(-c2nn(Cc3cnn(C)c3C)c3ccccc23)nc1Nc1ccncc1. The third kappa shape index (κ3) is 3.53. The van der Waals surface area contributed by atoms with Gasteiger partial charge in [0.1, 0.15) is 5.69 Å². The molecule has 1 aromatic carbocycles. The standard InChI is InChI=1S/C23H22N8O/c1-15-16(12-26-30(15)2)14-31-19-7-5-4-6-18(19)21(29-31)23-25-13-20(32-3)22(28-23)27-17-8-10-24-11-9-17/h4-13H,14H2,1-3H3,(H,24,25,27,28). The van der Waals surface area contributed by atoms with Crippen molar-refractivity contribution in [1.29, 1.82) is 0 Å². The number of pyridine rings is 1. The first-order valence-corrected chi connectivity index (χ1v) is 10.2. The van der Waals surface area contributed by atoms with Gasteiger partial charge in [-0.05, 0) is 25.1 Å². The zero-order valence-electron chi connectivity index (χ0n) is 18.0. The molecule has 0 aliphatic carbocycles. The smallest absolute Gasteiger partial charge is 0.183 e. The molecular weight excluding hydrogens is 404 g/mol. The van der Waals surface area contributed by atoms with Gasteiger partial charge in [0, 0.05) is 41.8 Å². The lowest BCUT2D eigenvalue weighted by Gasteiger charge is -2.10. The van der Waals surface area contributed by atoms with Crippen molar-refractivity contribution in [2.75, 3.05) is 12.4 Å². The van der Waals surface area contributed by atoms with E-state index in [9.17, 15) is 0 Å². The lowest BCUT2D eigenvalue weighted by atomic mass is 10.2. The highest BCUT2D eigenvalue weighted by Crippen LogP contribution is 2.31. The number of hydrogen-bond donors (Lipinski definition) is 1. The molecule has 5 rings (SSSR count). The van der Waals surface area contributed by atoms with Gasteiger partial charge in [-0.25, -0.2) is 9.97 Å². The average Bonchev–Trinajstić information content (AvgIpc) is 3.35. The minimum atomic E-state index is 0.514. The Balaban J connectivity index is 1.59. The van der Waals surface area contributed by atoms with E-state index in [2.05, 4.69) is 33.4 Å². The summed E-state index contributed by atoms with van der Waals surface area (Å²) < 4.78 is 9.29. The Kier molecular flexibility index (Phi) is 4.98. The van der Waals surface area contributed by atoms with Crippen molar-refractivity contribution < 1.29 is 4.74 Å². The Labute approximate surface area is 184 Å². The van der Waals surface area contributed by atoms with Crippen molar-refractivity contribution >= 4 is 22.4 Å². The molecule has 0 fully saturated rings. The molecular formula is C23H22N8O. The fourth-order valence-electron chi connectivity index (χ4n) is 3.57. The van der Waals surface area contributed by atoms with Crippen LogP contribution in [0.25, 0.3) is 22.4 Å². The van der Waals surface area contributed by atoms with E-state index in [0.717, 1.165) is 27.8 Å². The molecule has 0 radical (unpaired) electrons. The topological polar surface area (TPSA) is 95.6 Å². The van der Waals surface area contributed by atoms with Crippen molar-refractivity contribution in [3.05, 3.63) is 72.4 Å². The third-order valence-corrected chi connectivity index (χ3v) is 5.44. The molecule has 1 N–H and O–H groups in total. The van der Waals surface area contributed by atoms with Gasteiger partial charge >= 0.3 is 0 Å². The summed E-state index contributed by atoms with van der Waals surface area (Å²) in [6.07, 6.45) is 6.97. The van der Waals surface area contributed by atoms with Gasteiger partial charge in [-0.1, -0.05) is 18.2 Å². The quantitative estimate of drug-likeness (QED) is 0.442. The highest BCUT2D eigenvalue weighted by Gasteiger charge is 2.18. The molecule has 0 saturated carbocycles. The molecule has 4 heterocycles. The van der Waals surface area contributed by atoms with Crippen LogP contribution in [0.1, 0.15) is 11.3 Å². The minimum Gasteiger partial charge on any atom is -0.491 e. The predicted octanol–water partition coefficient (Wildman–Crippen LogP) is 3.73. The van der Waals surface area contributed by atoms with Gasteiger partial charge in [-0.15, -0.1) is 0 Å².